The van der Waals surface area contributed by atoms with Gasteiger partial charge in [0.1, 0.15) is 0 Å². The van der Waals surface area contributed by atoms with E-state index >= 15 is 0 Å². The van der Waals surface area contributed by atoms with E-state index < -0.39 is 0 Å². The van der Waals surface area contributed by atoms with Crippen LogP contribution in [0.5, 0.6) is 0 Å². The minimum atomic E-state index is -0.176. The van der Waals surface area contributed by atoms with E-state index in [1.54, 1.807) is 0 Å². The number of thiophene rings is 1. The van der Waals surface area contributed by atoms with Crippen LogP contribution in [0.2, 0.25) is 0 Å². The largest absolute Gasteiger partial charge is 0.308 e. The smallest absolute Gasteiger partial charge is 0.0640 e. The lowest BCUT2D eigenvalue weighted by Crippen LogP contribution is -2.36. The third kappa shape index (κ3) is 3.62. The molecule has 6 aromatic carbocycles. The molecule has 0 saturated carbocycles. The van der Waals surface area contributed by atoms with Crippen molar-refractivity contribution in [2.24, 2.45) is 0 Å². The molecule has 9 rings (SSSR count). The van der Waals surface area contributed by atoms with Crippen LogP contribution in [0.4, 0.5) is 0 Å². The summed E-state index contributed by atoms with van der Waals surface area (Å²) in [5, 5.41) is 5.30. The molecule has 0 unspecified atom stereocenters. The normalized spacial score (nSPS) is 15.1. The van der Waals surface area contributed by atoms with Gasteiger partial charge >= 0.3 is 0 Å². The van der Waals surface area contributed by atoms with E-state index in [1.165, 1.54) is 92.2 Å². The summed E-state index contributed by atoms with van der Waals surface area (Å²) >= 11 is 1.90. The third-order valence-corrected chi connectivity index (χ3v) is 12.1. The van der Waals surface area contributed by atoms with Gasteiger partial charge in [0.25, 0.3) is 0 Å². The number of nitrogens with zero attached hydrogens (tertiary/aromatic N) is 1. The highest BCUT2D eigenvalue weighted by Crippen LogP contribution is 2.53. The van der Waals surface area contributed by atoms with Crippen molar-refractivity contribution < 1.29 is 0 Å². The summed E-state index contributed by atoms with van der Waals surface area (Å²) in [4.78, 5) is 0. The van der Waals surface area contributed by atoms with Crippen LogP contribution < -0.4 is 0 Å². The van der Waals surface area contributed by atoms with Crippen LogP contribution >= 0.6 is 11.3 Å². The fraction of sp³-hybridized carbons (Fsp3) is 0.182. The van der Waals surface area contributed by atoms with Gasteiger partial charge in [0.2, 0.25) is 0 Å². The van der Waals surface area contributed by atoms with Gasteiger partial charge in [-0.3, -0.25) is 0 Å². The molecule has 2 heteroatoms. The SMILES string of the molecule is Cc1ccccc1-c1cc2c(cc1C)C(C)(C)c1cc3c4ccccc4n(-c4cccc5c4sc4ccccc45)c3cc1C2(C)C. The summed E-state index contributed by atoms with van der Waals surface area (Å²) in [6.45, 7) is 14.2. The number of para-hydroxylation sites is 1. The highest BCUT2D eigenvalue weighted by molar-refractivity contribution is 7.26. The zero-order valence-electron chi connectivity index (χ0n) is 27.3. The molecule has 8 aromatic rings. The minimum absolute atomic E-state index is 0.141. The Hall–Kier alpha value is -4.66. The number of hydrogen-bond donors (Lipinski definition) is 0. The second-order valence-corrected chi connectivity index (χ2v) is 15.3. The fourth-order valence-corrected chi connectivity index (χ4v) is 9.62. The summed E-state index contributed by atoms with van der Waals surface area (Å²) in [5.41, 5.74) is 14.5. The molecule has 1 nitrogen and oxygen atoms in total. The zero-order valence-corrected chi connectivity index (χ0v) is 28.1. The average molecular weight is 612 g/mol. The van der Waals surface area contributed by atoms with Gasteiger partial charge in [-0.05, 0) is 94.8 Å². The molecule has 0 N–H and O–H groups in total. The first-order valence-electron chi connectivity index (χ1n) is 16.4. The van der Waals surface area contributed by atoms with Gasteiger partial charge in [-0.2, -0.15) is 0 Å². The summed E-state index contributed by atoms with van der Waals surface area (Å²) in [6, 6.07) is 43.5. The van der Waals surface area contributed by atoms with E-state index in [1.807, 2.05) is 11.3 Å². The van der Waals surface area contributed by atoms with Crippen LogP contribution in [0.3, 0.4) is 0 Å². The van der Waals surface area contributed by atoms with Gasteiger partial charge in [0.05, 0.1) is 21.4 Å². The Labute approximate surface area is 274 Å². The zero-order chi connectivity index (χ0) is 31.5. The average Bonchev–Trinajstić information content (AvgIpc) is 3.59. The van der Waals surface area contributed by atoms with Crippen molar-refractivity contribution in [3.8, 4) is 16.8 Å². The van der Waals surface area contributed by atoms with Crippen LogP contribution in [0.1, 0.15) is 61.1 Å². The molecule has 0 atom stereocenters. The van der Waals surface area contributed by atoms with E-state index in [2.05, 4.69) is 161 Å². The molecule has 0 spiro atoms. The number of rotatable bonds is 2. The van der Waals surface area contributed by atoms with Crippen molar-refractivity contribution in [3.63, 3.8) is 0 Å². The lowest BCUT2D eigenvalue weighted by Gasteiger charge is -2.44. The number of benzene rings is 6. The number of aryl methyl sites for hydroxylation is 2. The molecule has 0 aliphatic heterocycles. The predicted octanol–water partition coefficient (Wildman–Crippen LogP) is 12.4. The lowest BCUT2D eigenvalue weighted by molar-refractivity contribution is 0.521. The Kier molecular flexibility index (Phi) is 5.67. The highest BCUT2D eigenvalue weighted by Gasteiger charge is 2.42. The van der Waals surface area contributed by atoms with Crippen molar-refractivity contribution in [2.45, 2.75) is 52.4 Å². The molecule has 224 valence electrons. The van der Waals surface area contributed by atoms with E-state index in [4.69, 9.17) is 0 Å². The molecule has 1 aliphatic rings. The van der Waals surface area contributed by atoms with Crippen LogP contribution in [-0.4, -0.2) is 4.57 Å². The van der Waals surface area contributed by atoms with Gasteiger partial charge in [0.15, 0.2) is 0 Å². The Bertz CT molecular complexity index is 2550. The fourth-order valence-electron chi connectivity index (χ4n) is 8.41. The van der Waals surface area contributed by atoms with Gasteiger partial charge < -0.3 is 4.57 Å². The van der Waals surface area contributed by atoms with Gasteiger partial charge in [-0.1, -0.05) is 107 Å². The molecule has 1 aliphatic carbocycles. The first kappa shape index (κ1) is 27.6. The van der Waals surface area contributed by atoms with Crippen LogP contribution in [0.15, 0.2) is 115 Å². The van der Waals surface area contributed by atoms with Crippen molar-refractivity contribution in [1.29, 1.82) is 0 Å². The van der Waals surface area contributed by atoms with Gasteiger partial charge in [-0.15, -0.1) is 11.3 Å². The maximum absolute atomic E-state index is 2.54. The molecule has 0 radical (unpaired) electrons. The van der Waals surface area contributed by atoms with E-state index in [0.717, 1.165) is 0 Å². The standard InChI is InChI=1S/C44H37NS/c1-26-14-7-8-15-28(26)32-23-35-34(22-27(32)2)43(3,4)36-24-33-29-16-9-11-19-38(29)45(40(33)25-37(36)44(35,5)6)39-20-13-18-31-30-17-10-12-21-41(30)46-42(31)39/h7-25H,1-6H3. The molecular formula is C44H37NS. The van der Waals surface area contributed by atoms with E-state index in [-0.39, 0.29) is 10.8 Å². The number of hydrogen-bond acceptors (Lipinski definition) is 1. The maximum atomic E-state index is 2.54. The Morgan fingerprint density at radius 3 is 1.91 bits per heavy atom. The van der Waals surface area contributed by atoms with Gasteiger partial charge in [0, 0.05) is 37.1 Å². The lowest BCUT2D eigenvalue weighted by atomic mass is 9.59. The second-order valence-electron chi connectivity index (χ2n) is 14.3. The first-order valence-corrected chi connectivity index (χ1v) is 17.2. The molecule has 2 heterocycles. The van der Waals surface area contributed by atoms with Crippen molar-refractivity contribution in [1.82, 2.24) is 4.57 Å². The summed E-state index contributed by atoms with van der Waals surface area (Å²) in [5.74, 6) is 0. The molecule has 46 heavy (non-hydrogen) atoms. The topological polar surface area (TPSA) is 4.93 Å². The quantitative estimate of drug-likeness (QED) is 0.183. The Morgan fingerprint density at radius 2 is 1.11 bits per heavy atom. The number of aromatic nitrogens is 1. The summed E-state index contributed by atoms with van der Waals surface area (Å²) < 4.78 is 5.21. The second kappa shape index (κ2) is 9.44. The Morgan fingerprint density at radius 1 is 0.478 bits per heavy atom. The van der Waals surface area contributed by atoms with Crippen molar-refractivity contribution in [2.75, 3.05) is 0 Å². The molecule has 0 saturated heterocycles. The summed E-state index contributed by atoms with van der Waals surface area (Å²) in [7, 11) is 0. The maximum Gasteiger partial charge on any atom is 0.0640 e. The van der Waals surface area contributed by atoms with Crippen LogP contribution in [-0.2, 0) is 10.8 Å². The summed E-state index contributed by atoms with van der Waals surface area (Å²) in [6.07, 6.45) is 0. The Balaban J connectivity index is 1.36. The van der Waals surface area contributed by atoms with E-state index in [9.17, 15) is 0 Å². The molecule has 0 bridgehead atoms. The minimum Gasteiger partial charge on any atom is -0.308 e. The van der Waals surface area contributed by atoms with Crippen molar-refractivity contribution in [3.05, 3.63) is 149 Å². The molecule has 0 amide bonds. The molecule has 2 aromatic heterocycles. The van der Waals surface area contributed by atoms with Crippen LogP contribution in [0.25, 0.3) is 58.8 Å². The molecule has 0 fully saturated rings. The highest BCUT2D eigenvalue weighted by atomic mass is 32.1. The third-order valence-electron chi connectivity index (χ3n) is 10.9. The monoisotopic (exact) mass is 611 g/mol. The number of fused-ring (bicyclic) bond motifs is 8. The predicted molar refractivity (Wildman–Crippen MR) is 199 cm³/mol. The van der Waals surface area contributed by atoms with Crippen LogP contribution in [0, 0.1) is 13.8 Å². The molecular weight excluding hydrogens is 575 g/mol. The van der Waals surface area contributed by atoms with E-state index in [0.29, 0.717) is 0 Å². The first-order chi connectivity index (χ1) is 22.2. The van der Waals surface area contributed by atoms with Crippen molar-refractivity contribution >= 4 is 53.3 Å². The van der Waals surface area contributed by atoms with Gasteiger partial charge in [-0.25, -0.2) is 0 Å².